The Morgan fingerprint density at radius 3 is 2.55 bits per heavy atom. The van der Waals surface area contributed by atoms with Crippen molar-refractivity contribution >= 4 is 0 Å². The van der Waals surface area contributed by atoms with Crippen molar-refractivity contribution in [1.29, 1.82) is 0 Å². The zero-order chi connectivity index (χ0) is 14.6. The maximum absolute atomic E-state index is 9.68. The molecule has 0 spiro atoms. The minimum atomic E-state index is 0.328. The third-order valence-corrected chi connectivity index (χ3v) is 5.52. The first-order valence-electron chi connectivity index (χ1n) is 8.65. The van der Waals surface area contributed by atoms with E-state index >= 15 is 0 Å². The smallest absolute Gasteiger partial charge is 0.0589 e. The van der Waals surface area contributed by atoms with E-state index in [4.69, 9.17) is 0 Å². The van der Waals surface area contributed by atoms with Crippen LogP contribution in [0.3, 0.4) is 0 Å². The van der Waals surface area contributed by atoms with Gasteiger partial charge in [0.15, 0.2) is 0 Å². The quantitative estimate of drug-likeness (QED) is 0.786. The summed E-state index contributed by atoms with van der Waals surface area (Å²) in [6.45, 7) is 10.6. The number of hydrogen-bond donors (Lipinski definition) is 2. The predicted octanol–water partition coefficient (Wildman–Crippen LogP) is 2.64. The molecular formula is C17H34N2O. The molecule has 0 bridgehead atoms. The summed E-state index contributed by atoms with van der Waals surface area (Å²) in [5.41, 5.74) is 0.444. The molecule has 1 aliphatic heterocycles. The summed E-state index contributed by atoms with van der Waals surface area (Å²) in [6, 6.07) is 0.966. The van der Waals surface area contributed by atoms with Crippen molar-refractivity contribution in [2.45, 2.75) is 71.4 Å². The van der Waals surface area contributed by atoms with Gasteiger partial charge in [-0.2, -0.15) is 0 Å². The second-order valence-electron chi connectivity index (χ2n) is 7.58. The van der Waals surface area contributed by atoms with E-state index in [1.54, 1.807) is 0 Å². The van der Waals surface area contributed by atoms with E-state index in [1.807, 2.05) is 0 Å². The summed E-state index contributed by atoms with van der Waals surface area (Å²) in [7, 11) is 0. The molecule has 2 atom stereocenters. The van der Waals surface area contributed by atoms with Gasteiger partial charge in [-0.25, -0.2) is 0 Å². The Hall–Kier alpha value is -0.120. The SMILES string of the molecule is CC(C)NCC1(CN2CCC(C)C2CO)CCCCC1. The van der Waals surface area contributed by atoms with Crippen LogP contribution in [0.25, 0.3) is 0 Å². The average molecular weight is 282 g/mol. The topological polar surface area (TPSA) is 35.5 Å². The Bertz CT molecular complexity index is 287. The zero-order valence-corrected chi connectivity index (χ0v) is 13.7. The van der Waals surface area contributed by atoms with Gasteiger partial charge in [-0.05, 0) is 37.1 Å². The standard InChI is InChI=1S/C17H34N2O/c1-14(2)18-12-17(8-5-4-6-9-17)13-19-10-7-15(3)16(19)11-20/h14-16,18,20H,4-13H2,1-3H3. The molecule has 0 aromatic rings. The van der Waals surface area contributed by atoms with Crippen molar-refractivity contribution in [3.63, 3.8) is 0 Å². The van der Waals surface area contributed by atoms with E-state index < -0.39 is 0 Å². The lowest BCUT2D eigenvalue weighted by Gasteiger charge is -2.42. The van der Waals surface area contributed by atoms with Crippen molar-refractivity contribution in [3.05, 3.63) is 0 Å². The molecular weight excluding hydrogens is 248 g/mol. The number of likely N-dealkylation sites (tertiary alicyclic amines) is 1. The van der Waals surface area contributed by atoms with E-state index in [-0.39, 0.29) is 0 Å². The summed E-state index contributed by atoms with van der Waals surface area (Å²) in [5.74, 6) is 0.652. The van der Waals surface area contributed by atoms with Crippen molar-refractivity contribution in [2.24, 2.45) is 11.3 Å². The third-order valence-electron chi connectivity index (χ3n) is 5.52. The first-order chi connectivity index (χ1) is 9.56. The summed E-state index contributed by atoms with van der Waals surface area (Å²) < 4.78 is 0. The number of rotatable bonds is 6. The van der Waals surface area contributed by atoms with Gasteiger partial charge in [-0.15, -0.1) is 0 Å². The molecule has 20 heavy (non-hydrogen) atoms. The fourth-order valence-electron chi connectivity index (χ4n) is 4.12. The van der Waals surface area contributed by atoms with Gasteiger partial charge in [0.2, 0.25) is 0 Å². The van der Waals surface area contributed by atoms with Crippen LogP contribution in [-0.4, -0.2) is 48.3 Å². The molecule has 1 saturated heterocycles. The zero-order valence-electron chi connectivity index (χ0n) is 13.7. The number of hydrogen-bond acceptors (Lipinski definition) is 3. The summed E-state index contributed by atoms with van der Waals surface area (Å²) in [4.78, 5) is 2.58. The second-order valence-corrected chi connectivity index (χ2v) is 7.58. The van der Waals surface area contributed by atoms with Gasteiger partial charge in [0.1, 0.15) is 0 Å². The Labute approximate surface area is 125 Å². The monoisotopic (exact) mass is 282 g/mol. The van der Waals surface area contributed by atoms with Crippen molar-refractivity contribution in [1.82, 2.24) is 10.2 Å². The largest absolute Gasteiger partial charge is 0.395 e. The van der Waals surface area contributed by atoms with Crippen LogP contribution in [0, 0.1) is 11.3 Å². The Kier molecular flexibility index (Phi) is 5.88. The van der Waals surface area contributed by atoms with Crippen LogP contribution in [0.15, 0.2) is 0 Å². The van der Waals surface area contributed by atoms with Gasteiger partial charge in [-0.1, -0.05) is 40.0 Å². The minimum absolute atomic E-state index is 0.328. The number of aliphatic hydroxyl groups is 1. The van der Waals surface area contributed by atoms with Crippen LogP contribution < -0.4 is 5.32 Å². The van der Waals surface area contributed by atoms with Gasteiger partial charge in [0, 0.05) is 25.2 Å². The van der Waals surface area contributed by atoms with Gasteiger partial charge in [-0.3, -0.25) is 4.90 Å². The number of nitrogens with one attached hydrogen (secondary N) is 1. The third kappa shape index (κ3) is 3.96. The first kappa shape index (κ1) is 16.3. The van der Waals surface area contributed by atoms with Crippen LogP contribution in [0.1, 0.15) is 59.3 Å². The molecule has 3 nitrogen and oxygen atoms in total. The Morgan fingerprint density at radius 1 is 1.25 bits per heavy atom. The van der Waals surface area contributed by atoms with Crippen molar-refractivity contribution in [3.8, 4) is 0 Å². The first-order valence-corrected chi connectivity index (χ1v) is 8.65. The second kappa shape index (κ2) is 7.24. The van der Waals surface area contributed by atoms with E-state index in [2.05, 4.69) is 31.0 Å². The maximum Gasteiger partial charge on any atom is 0.0589 e. The highest BCUT2D eigenvalue weighted by atomic mass is 16.3. The summed E-state index contributed by atoms with van der Waals surface area (Å²) in [5, 5.41) is 13.4. The minimum Gasteiger partial charge on any atom is -0.395 e. The molecule has 2 N–H and O–H groups in total. The van der Waals surface area contributed by atoms with Crippen LogP contribution in [0.2, 0.25) is 0 Å². The lowest BCUT2D eigenvalue weighted by molar-refractivity contribution is 0.0642. The van der Waals surface area contributed by atoms with Gasteiger partial charge in [0.25, 0.3) is 0 Å². The van der Waals surface area contributed by atoms with Gasteiger partial charge < -0.3 is 10.4 Å². The highest BCUT2D eigenvalue weighted by Crippen LogP contribution is 2.38. The fourth-order valence-corrected chi connectivity index (χ4v) is 4.12. The Morgan fingerprint density at radius 2 is 1.95 bits per heavy atom. The normalized spacial score (nSPS) is 31.1. The van der Waals surface area contributed by atoms with Crippen LogP contribution in [-0.2, 0) is 0 Å². The van der Waals surface area contributed by atoms with E-state index in [1.165, 1.54) is 51.6 Å². The lowest BCUT2D eigenvalue weighted by Crippen LogP contribution is -2.49. The van der Waals surface area contributed by atoms with E-state index in [9.17, 15) is 5.11 Å². The van der Waals surface area contributed by atoms with Gasteiger partial charge >= 0.3 is 0 Å². The molecule has 3 heteroatoms. The molecule has 1 saturated carbocycles. The molecule has 0 amide bonds. The molecule has 118 valence electrons. The predicted molar refractivity (Wildman–Crippen MR) is 84.9 cm³/mol. The Balaban J connectivity index is 1.99. The highest BCUT2D eigenvalue weighted by Gasteiger charge is 2.39. The van der Waals surface area contributed by atoms with E-state index in [0.717, 1.165) is 6.54 Å². The molecule has 2 aliphatic rings. The van der Waals surface area contributed by atoms with Crippen LogP contribution >= 0.6 is 0 Å². The van der Waals surface area contributed by atoms with Crippen molar-refractivity contribution in [2.75, 3.05) is 26.2 Å². The molecule has 2 fully saturated rings. The molecule has 2 rings (SSSR count). The highest BCUT2D eigenvalue weighted by molar-refractivity contribution is 4.93. The lowest BCUT2D eigenvalue weighted by atomic mass is 9.73. The molecule has 0 radical (unpaired) electrons. The van der Waals surface area contributed by atoms with Gasteiger partial charge in [0.05, 0.1) is 6.61 Å². The molecule has 0 aromatic heterocycles. The fraction of sp³-hybridized carbons (Fsp3) is 1.00. The van der Waals surface area contributed by atoms with E-state index in [0.29, 0.717) is 30.0 Å². The molecule has 0 aromatic carbocycles. The average Bonchev–Trinajstić information content (AvgIpc) is 2.78. The summed E-state index contributed by atoms with van der Waals surface area (Å²) in [6.07, 6.45) is 8.13. The molecule has 1 aliphatic carbocycles. The van der Waals surface area contributed by atoms with Crippen LogP contribution in [0.4, 0.5) is 0 Å². The number of nitrogens with zero attached hydrogens (tertiary/aromatic N) is 1. The maximum atomic E-state index is 9.68. The van der Waals surface area contributed by atoms with Crippen molar-refractivity contribution < 1.29 is 5.11 Å². The number of aliphatic hydroxyl groups excluding tert-OH is 1. The molecule has 2 unspecified atom stereocenters. The van der Waals surface area contributed by atoms with Crippen LogP contribution in [0.5, 0.6) is 0 Å². The molecule has 1 heterocycles. The summed E-state index contributed by atoms with van der Waals surface area (Å²) >= 11 is 0.